The lowest BCUT2D eigenvalue weighted by atomic mass is 10.1. The lowest BCUT2D eigenvalue weighted by Gasteiger charge is -2.29. The highest BCUT2D eigenvalue weighted by atomic mass is 16.8. The molecule has 1 saturated heterocycles. The van der Waals surface area contributed by atoms with Crippen LogP contribution < -0.4 is 9.47 Å². The molecule has 28 heavy (non-hydrogen) atoms. The fourth-order valence-corrected chi connectivity index (χ4v) is 2.96. The topological polar surface area (TPSA) is 92.8 Å². The van der Waals surface area contributed by atoms with Crippen molar-refractivity contribution >= 4 is 12.2 Å². The summed E-state index contributed by atoms with van der Waals surface area (Å²) < 4.78 is 30.8. The second kappa shape index (κ2) is 9.01. The van der Waals surface area contributed by atoms with Gasteiger partial charge in [-0.25, -0.2) is 9.59 Å². The van der Waals surface area contributed by atoms with Crippen molar-refractivity contribution in [2.75, 3.05) is 26.6 Å². The van der Waals surface area contributed by atoms with E-state index in [-0.39, 0.29) is 18.9 Å². The van der Waals surface area contributed by atoms with Crippen LogP contribution in [0.3, 0.4) is 0 Å². The third kappa shape index (κ3) is 4.98. The summed E-state index contributed by atoms with van der Waals surface area (Å²) in [6, 6.07) is 5.57. The van der Waals surface area contributed by atoms with Crippen molar-refractivity contribution in [1.29, 1.82) is 0 Å². The average molecular weight is 395 g/mol. The molecule has 0 aromatic heterocycles. The first-order valence-corrected chi connectivity index (χ1v) is 9.27. The van der Waals surface area contributed by atoms with Crippen LogP contribution in [-0.2, 0) is 25.4 Å². The zero-order valence-corrected chi connectivity index (χ0v) is 16.2. The number of benzene rings is 1. The van der Waals surface area contributed by atoms with Gasteiger partial charge in [0.05, 0.1) is 13.2 Å². The summed E-state index contributed by atoms with van der Waals surface area (Å²) in [5.41, 5.74) is 1.01. The van der Waals surface area contributed by atoms with Crippen LogP contribution in [0.4, 0.5) is 9.59 Å². The van der Waals surface area contributed by atoms with Crippen molar-refractivity contribution in [2.45, 2.75) is 45.6 Å². The van der Waals surface area contributed by atoms with Crippen molar-refractivity contribution in [3.05, 3.63) is 23.8 Å². The van der Waals surface area contributed by atoms with Gasteiger partial charge in [-0.2, -0.15) is 0 Å². The number of carbonyl (C=O) groups excluding carboxylic acids is 2. The Hall–Kier alpha value is -2.68. The second-order valence-electron chi connectivity index (χ2n) is 6.62. The van der Waals surface area contributed by atoms with Gasteiger partial charge >= 0.3 is 12.2 Å². The van der Waals surface area contributed by atoms with Crippen molar-refractivity contribution < 1.29 is 38.0 Å². The first kappa shape index (κ1) is 20.1. The number of carbonyl (C=O) groups is 2. The molecule has 154 valence electrons. The van der Waals surface area contributed by atoms with Gasteiger partial charge < -0.3 is 33.3 Å². The van der Waals surface area contributed by atoms with E-state index in [1.807, 2.05) is 32.0 Å². The van der Waals surface area contributed by atoms with Gasteiger partial charge in [0.15, 0.2) is 17.6 Å². The molecular weight excluding hydrogens is 370 g/mol. The number of likely N-dealkylation sites (N-methyl/N-ethyl adjacent to an activating group) is 1. The van der Waals surface area contributed by atoms with Crippen LogP contribution in [0.25, 0.3) is 0 Å². The number of hydrogen-bond acceptors (Lipinski definition) is 8. The van der Waals surface area contributed by atoms with E-state index in [1.165, 1.54) is 6.92 Å². The fraction of sp³-hybridized carbons (Fsp3) is 0.579. The van der Waals surface area contributed by atoms with Gasteiger partial charge in [-0.3, -0.25) is 0 Å². The molecule has 0 N–H and O–H groups in total. The number of nitrogens with zero attached hydrogens (tertiary/aromatic N) is 1. The lowest BCUT2D eigenvalue weighted by Crippen LogP contribution is -2.42. The van der Waals surface area contributed by atoms with E-state index < -0.39 is 18.5 Å². The number of amides is 1. The Morgan fingerprint density at radius 1 is 1.18 bits per heavy atom. The molecule has 1 aromatic rings. The van der Waals surface area contributed by atoms with Gasteiger partial charge in [0.2, 0.25) is 13.1 Å². The van der Waals surface area contributed by atoms with Gasteiger partial charge in [-0.05, 0) is 38.0 Å². The van der Waals surface area contributed by atoms with E-state index in [4.69, 9.17) is 28.4 Å². The predicted octanol–water partition coefficient (Wildman–Crippen LogP) is 2.70. The number of hydrogen-bond donors (Lipinski definition) is 0. The Morgan fingerprint density at radius 2 is 1.93 bits per heavy atom. The highest BCUT2D eigenvalue weighted by Gasteiger charge is 2.27. The van der Waals surface area contributed by atoms with Crippen LogP contribution in [0.15, 0.2) is 18.2 Å². The molecule has 9 nitrogen and oxygen atoms in total. The summed E-state index contributed by atoms with van der Waals surface area (Å²) >= 11 is 0. The largest absolute Gasteiger partial charge is 0.511 e. The van der Waals surface area contributed by atoms with Gasteiger partial charge in [-0.1, -0.05) is 6.07 Å². The molecule has 9 heteroatoms. The minimum atomic E-state index is -1.06. The summed E-state index contributed by atoms with van der Waals surface area (Å²) in [7, 11) is 0. The molecule has 0 aliphatic carbocycles. The van der Waals surface area contributed by atoms with Crippen LogP contribution in [0.5, 0.6) is 11.5 Å². The van der Waals surface area contributed by atoms with E-state index in [9.17, 15) is 9.59 Å². The van der Waals surface area contributed by atoms with Gasteiger partial charge in [0.25, 0.3) is 0 Å². The normalized spacial score (nSPS) is 17.2. The highest BCUT2D eigenvalue weighted by Crippen LogP contribution is 2.33. The van der Waals surface area contributed by atoms with Crippen LogP contribution in [0, 0.1) is 0 Å². The number of rotatable bonds is 7. The molecule has 2 aliphatic heterocycles. The Balaban J connectivity index is 1.49. The van der Waals surface area contributed by atoms with Crippen LogP contribution in [-0.4, -0.2) is 62.1 Å². The molecule has 1 fully saturated rings. The molecule has 2 atom stereocenters. The average Bonchev–Trinajstić information content (AvgIpc) is 3.06. The van der Waals surface area contributed by atoms with Crippen molar-refractivity contribution in [3.8, 4) is 11.5 Å². The third-order valence-electron chi connectivity index (χ3n) is 4.47. The monoisotopic (exact) mass is 395 g/mol. The molecule has 2 heterocycles. The van der Waals surface area contributed by atoms with Crippen LogP contribution in [0.2, 0.25) is 0 Å². The van der Waals surface area contributed by atoms with E-state index in [1.54, 1.807) is 4.90 Å². The van der Waals surface area contributed by atoms with E-state index in [0.29, 0.717) is 31.9 Å². The quantitative estimate of drug-likeness (QED) is 0.514. The smallest absolute Gasteiger partial charge is 0.454 e. The van der Waals surface area contributed by atoms with E-state index >= 15 is 0 Å². The minimum absolute atomic E-state index is 0.135. The first-order chi connectivity index (χ1) is 13.5. The summed E-state index contributed by atoms with van der Waals surface area (Å²) in [5, 5.41) is 0. The Kier molecular flexibility index (Phi) is 6.45. The molecule has 1 aromatic carbocycles. The predicted molar refractivity (Wildman–Crippen MR) is 96.2 cm³/mol. The summed E-state index contributed by atoms with van der Waals surface area (Å²) in [4.78, 5) is 25.7. The molecule has 1 amide bonds. The van der Waals surface area contributed by atoms with Gasteiger partial charge in [0.1, 0.15) is 0 Å². The zero-order chi connectivity index (χ0) is 20.1. The van der Waals surface area contributed by atoms with Crippen LogP contribution in [0.1, 0.15) is 26.3 Å². The van der Waals surface area contributed by atoms with Crippen molar-refractivity contribution in [1.82, 2.24) is 4.90 Å². The van der Waals surface area contributed by atoms with Crippen LogP contribution >= 0.6 is 0 Å². The molecule has 2 unspecified atom stereocenters. The van der Waals surface area contributed by atoms with Crippen molar-refractivity contribution in [2.24, 2.45) is 0 Å². The Labute approximate surface area is 163 Å². The maximum atomic E-state index is 12.5. The molecule has 2 aliphatic rings. The summed E-state index contributed by atoms with van der Waals surface area (Å²) in [5.74, 6) is 1.42. The summed E-state index contributed by atoms with van der Waals surface area (Å²) in [6.07, 6.45) is -2.21. The SMILES string of the molecule is CCN(C(=O)OC(C)OC(=O)OC1COC1)C(C)Cc1ccc2c(c1)OCO2. The van der Waals surface area contributed by atoms with Crippen molar-refractivity contribution in [3.63, 3.8) is 0 Å². The lowest BCUT2D eigenvalue weighted by molar-refractivity contribution is -0.138. The Morgan fingerprint density at radius 3 is 2.61 bits per heavy atom. The van der Waals surface area contributed by atoms with Gasteiger partial charge in [-0.15, -0.1) is 0 Å². The molecule has 0 bridgehead atoms. The first-order valence-electron chi connectivity index (χ1n) is 9.27. The summed E-state index contributed by atoms with van der Waals surface area (Å²) in [6.45, 7) is 6.61. The highest BCUT2D eigenvalue weighted by molar-refractivity contribution is 5.68. The van der Waals surface area contributed by atoms with Gasteiger partial charge in [0, 0.05) is 19.5 Å². The number of fused-ring (bicyclic) bond motifs is 1. The third-order valence-corrected chi connectivity index (χ3v) is 4.47. The second-order valence-corrected chi connectivity index (χ2v) is 6.62. The Bertz CT molecular complexity index is 705. The van der Waals surface area contributed by atoms with E-state index in [0.717, 1.165) is 11.3 Å². The molecular formula is C19H25NO8. The number of ether oxygens (including phenoxy) is 6. The standard InChI is InChI=1S/C19H25NO8/c1-4-20(12(2)7-14-5-6-16-17(8-14)25-11-24-16)18(21)26-13(3)27-19(22)28-15-9-23-10-15/h5-6,8,12-13,15H,4,7,9-11H2,1-3H3. The fourth-order valence-electron chi connectivity index (χ4n) is 2.96. The molecule has 3 rings (SSSR count). The molecule has 0 radical (unpaired) electrons. The molecule has 0 spiro atoms. The van der Waals surface area contributed by atoms with E-state index in [2.05, 4.69) is 0 Å². The minimum Gasteiger partial charge on any atom is -0.454 e. The molecule has 0 saturated carbocycles. The maximum Gasteiger partial charge on any atom is 0.511 e. The zero-order valence-electron chi connectivity index (χ0n) is 16.2. The maximum absolute atomic E-state index is 12.5.